The summed E-state index contributed by atoms with van der Waals surface area (Å²) in [6, 6.07) is 17.3. The number of benzene rings is 2. The Kier molecular flexibility index (Phi) is 9.97. The first kappa shape index (κ1) is 24.2. The summed E-state index contributed by atoms with van der Waals surface area (Å²) < 4.78 is 16.3. The van der Waals surface area contributed by atoms with Crippen molar-refractivity contribution in [1.29, 1.82) is 0 Å². The van der Waals surface area contributed by atoms with Gasteiger partial charge in [-0.1, -0.05) is 25.1 Å². The minimum atomic E-state index is -0.669. The highest BCUT2D eigenvalue weighted by Crippen LogP contribution is 2.13. The second-order valence-electron chi connectivity index (χ2n) is 8.16. The van der Waals surface area contributed by atoms with Gasteiger partial charge in [0.15, 0.2) is 0 Å². The molecule has 1 aliphatic heterocycles. The van der Waals surface area contributed by atoms with Crippen molar-refractivity contribution in [3.8, 4) is 5.75 Å². The molecule has 0 amide bonds. The third kappa shape index (κ3) is 7.91. The number of esters is 1. The largest absolute Gasteiger partial charge is 0.491 e. The smallest absolute Gasteiger partial charge is 0.338 e. The lowest BCUT2D eigenvalue weighted by atomic mass is 10.2. The van der Waals surface area contributed by atoms with Crippen LogP contribution in [-0.4, -0.2) is 76.3 Å². The van der Waals surface area contributed by atoms with Gasteiger partial charge in [-0.25, -0.2) is 4.79 Å². The topological polar surface area (TPSA) is 73.9 Å². The molecular formula is C25H36N2O5+2. The number of aliphatic hydroxyl groups is 1. The van der Waals surface area contributed by atoms with E-state index in [1.807, 2.05) is 6.07 Å². The van der Waals surface area contributed by atoms with Crippen molar-refractivity contribution in [2.24, 2.45) is 0 Å². The van der Waals surface area contributed by atoms with Crippen molar-refractivity contribution in [1.82, 2.24) is 0 Å². The quantitative estimate of drug-likeness (QED) is 0.321. The number of para-hydroxylation sites is 1. The number of quaternary nitrogens is 2. The molecule has 0 saturated carbocycles. The summed E-state index contributed by atoms with van der Waals surface area (Å²) in [4.78, 5) is 15.1. The van der Waals surface area contributed by atoms with Crippen molar-refractivity contribution in [3.63, 3.8) is 0 Å². The molecule has 2 aromatic rings. The lowest BCUT2D eigenvalue weighted by Crippen LogP contribution is -3.26. The normalized spacial score (nSPS) is 19.3. The van der Waals surface area contributed by atoms with Crippen molar-refractivity contribution < 1.29 is 33.9 Å². The average molecular weight is 445 g/mol. The maximum Gasteiger partial charge on any atom is 0.338 e. The van der Waals surface area contributed by atoms with Gasteiger partial charge in [-0.05, 0) is 42.8 Å². The van der Waals surface area contributed by atoms with Gasteiger partial charge < -0.3 is 24.2 Å². The van der Waals surface area contributed by atoms with Gasteiger partial charge in [-0.2, -0.15) is 0 Å². The Bertz CT molecular complexity index is 792. The van der Waals surface area contributed by atoms with Gasteiger partial charge >= 0.3 is 5.97 Å². The molecule has 0 aliphatic carbocycles. The Labute approximate surface area is 190 Å². The first-order valence-corrected chi connectivity index (χ1v) is 11.5. The molecule has 0 radical (unpaired) electrons. The van der Waals surface area contributed by atoms with E-state index in [0.29, 0.717) is 31.1 Å². The Morgan fingerprint density at radius 2 is 1.69 bits per heavy atom. The van der Waals surface area contributed by atoms with Gasteiger partial charge in [0.1, 0.15) is 63.5 Å². The SMILES string of the molecule is CCCOCCOc1ccc(C(=O)OCC(O)C[NH+]2CC[NH+](c3ccccc3)CC2)cc1. The van der Waals surface area contributed by atoms with E-state index in [4.69, 9.17) is 14.2 Å². The minimum absolute atomic E-state index is 0.00457. The van der Waals surface area contributed by atoms with Crippen LogP contribution in [0.2, 0.25) is 0 Å². The summed E-state index contributed by atoms with van der Waals surface area (Å²) in [7, 11) is 0. The fourth-order valence-electron chi connectivity index (χ4n) is 3.87. The van der Waals surface area contributed by atoms with Crippen LogP contribution in [0.5, 0.6) is 5.75 Å². The molecule has 7 heteroatoms. The van der Waals surface area contributed by atoms with E-state index >= 15 is 0 Å². The van der Waals surface area contributed by atoms with Gasteiger partial charge in [0.2, 0.25) is 0 Å². The molecule has 1 atom stereocenters. The van der Waals surface area contributed by atoms with E-state index in [-0.39, 0.29) is 6.61 Å². The monoisotopic (exact) mass is 444 g/mol. The fraction of sp³-hybridized carbons (Fsp3) is 0.480. The van der Waals surface area contributed by atoms with Crippen molar-refractivity contribution in [2.45, 2.75) is 19.4 Å². The Hall–Kier alpha value is -2.45. The van der Waals surface area contributed by atoms with Gasteiger partial charge in [-0.15, -0.1) is 0 Å². The standard InChI is InChI=1S/C25H34N2O5/c1-2-16-30-17-18-31-24-10-8-21(9-11-24)25(29)32-20-23(28)19-26-12-14-27(15-13-26)22-6-4-3-5-7-22/h3-11,23,28H,2,12-20H2,1H3/p+2. The van der Waals surface area contributed by atoms with Crippen LogP contribution in [0, 0.1) is 0 Å². The molecule has 0 spiro atoms. The van der Waals surface area contributed by atoms with Crippen LogP contribution in [0.3, 0.4) is 0 Å². The summed E-state index contributed by atoms with van der Waals surface area (Å²) in [6.45, 7) is 8.43. The lowest BCUT2D eigenvalue weighted by Gasteiger charge is -2.30. The maximum atomic E-state index is 12.3. The number of rotatable bonds is 12. The zero-order chi connectivity index (χ0) is 22.6. The molecule has 1 heterocycles. The Balaban J connectivity index is 1.33. The molecular weight excluding hydrogens is 408 g/mol. The zero-order valence-electron chi connectivity index (χ0n) is 18.9. The molecule has 1 fully saturated rings. The molecule has 3 N–H and O–H groups in total. The second kappa shape index (κ2) is 13.2. The summed E-state index contributed by atoms with van der Waals surface area (Å²) >= 11 is 0. The highest BCUT2D eigenvalue weighted by molar-refractivity contribution is 5.89. The highest BCUT2D eigenvalue weighted by atomic mass is 16.5. The maximum absolute atomic E-state index is 12.3. The third-order valence-electron chi connectivity index (χ3n) is 5.61. The van der Waals surface area contributed by atoms with Gasteiger partial charge in [0, 0.05) is 6.61 Å². The van der Waals surface area contributed by atoms with Crippen molar-refractivity contribution in [3.05, 3.63) is 60.2 Å². The number of carbonyl (C=O) groups is 1. The van der Waals surface area contributed by atoms with Gasteiger partial charge in [-0.3, -0.25) is 4.90 Å². The molecule has 7 nitrogen and oxygen atoms in total. The van der Waals surface area contributed by atoms with Crippen molar-refractivity contribution >= 4 is 11.7 Å². The van der Waals surface area contributed by atoms with Crippen LogP contribution < -0.4 is 14.5 Å². The van der Waals surface area contributed by atoms with E-state index in [0.717, 1.165) is 39.2 Å². The average Bonchev–Trinajstić information content (AvgIpc) is 2.84. The van der Waals surface area contributed by atoms with E-state index in [9.17, 15) is 9.90 Å². The molecule has 174 valence electrons. The van der Waals surface area contributed by atoms with E-state index in [1.54, 1.807) is 24.3 Å². The summed E-state index contributed by atoms with van der Waals surface area (Å²) in [6.07, 6.45) is 0.316. The first-order chi connectivity index (χ1) is 15.7. The van der Waals surface area contributed by atoms with E-state index < -0.39 is 12.1 Å². The Morgan fingerprint density at radius 1 is 0.969 bits per heavy atom. The van der Waals surface area contributed by atoms with Crippen LogP contribution in [0.4, 0.5) is 5.69 Å². The number of piperazine rings is 1. The number of aliphatic hydroxyl groups excluding tert-OH is 1. The number of hydrogen-bond acceptors (Lipinski definition) is 5. The van der Waals surface area contributed by atoms with Crippen LogP contribution in [0.25, 0.3) is 0 Å². The molecule has 1 aliphatic rings. The van der Waals surface area contributed by atoms with Crippen LogP contribution in [0.15, 0.2) is 54.6 Å². The molecule has 0 bridgehead atoms. The molecule has 3 rings (SSSR count). The zero-order valence-corrected chi connectivity index (χ0v) is 18.9. The number of carbonyl (C=O) groups excluding carboxylic acids is 1. The predicted molar refractivity (Wildman–Crippen MR) is 122 cm³/mol. The highest BCUT2D eigenvalue weighted by Gasteiger charge is 2.26. The van der Waals surface area contributed by atoms with Crippen LogP contribution in [0.1, 0.15) is 23.7 Å². The van der Waals surface area contributed by atoms with Crippen LogP contribution >= 0.6 is 0 Å². The number of ether oxygens (including phenoxy) is 3. The van der Waals surface area contributed by atoms with E-state index in [2.05, 4.69) is 31.2 Å². The lowest BCUT2D eigenvalue weighted by molar-refractivity contribution is -0.988. The van der Waals surface area contributed by atoms with Crippen LogP contribution in [-0.2, 0) is 9.47 Å². The molecule has 0 aromatic heterocycles. The van der Waals surface area contributed by atoms with E-state index in [1.165, 1.54) is 15.5 Å². The summed E-state index contributed by atoms with van der Waals surface area (Å²) in [5.74, 6) is 0.247. The molecule has 2 aromatic carbocycles. The molecule has 1 unspecified atom stereocenters. The minimum Gasteiger partial charge on any atom is -0.491 e. The summed E-state index contributed by atoms with van der Waals surface area (Å²) in [5, 5.41) is 10.3. The number of hydrogen-bond donors (Lipinski definition) is 3. The number of nitrogens with one attached hydrogen (secondary N) is 2. The second-order valence-corrected chi connectivity index (χ2v) is 8.16. The summed E-state index contributed by atoms with van der Waals surface area (Å²) in [5.41, 5.74) is 1.77. The third-order valence-corrected chi connectivity index (χ3v) is 5.61. The van der Waals surface area contributed by atoms with Gasteiger partial charge in [0.05, 0.1) is 12.2 Å². The molecule has 32 heavy (non-hydrogen) atoms. The predicted octanol–water partition coefficient (Wildman–Crippen LogP) is 0.125. The van der Waals surface area contributed by atoms with Crippen molar-refractivity contribution in [2.75, 3.05) is 59.2 Å². The van der Waals surface area contributed by atoms with Gasteiger partial charge in [0.25, 0.3) is 0 Å². The Morgan fingerprint density at radius 3 is 2.38 bits per heavy atom. The molecule has 1 saturated heterocycles. The first-order valence-electron chi connectivity index (χ1n) is 11.5. The fourth-order valence-corrected chi connectivity index (χ4v) is 3.87.